The molecule has 3 aromatic carbocycles. The van der Waals surface area contributed by atoms with Crippen LogP contribution in [0.4, 0.5) is 4.79 Å². The first-order chi connectivity index (χ1) is 15.5. The molecular weight excluding hydrogens is 406 g/mol. The highest BCUT2D eigenvalue weighted by Crippen LogP contribution is 2.32. The highest BCUT2D eigenvalue weighted by Gasteiger charge is 2.32. The first-order valence-corrected chi connectivity index (χ1v) is 10.0. The lowest BCUT2D eigenvalue weighted by atomic mass is 9.95. The molecule has 0 aliphatic rings. The van der Waals surface area contributed by atoms with Crippen LogP contribution in [0.1, 0.15) is 33.6 Å². The number of amides is 2. The van der Waals surface area contributed by atoms with E-state index >= 15 is 0 Å². The third-order valence-electron chi connectivity index (χ3n) is 5.16. The Bertz CT molecular complexity index is 1250. The van der Waals surface area contributed by atoms with Crippen molar-refractivity contribution in [2.75, 3.05) is 0 Å². The second-order valence-electron chi connectivity index (χ2n) is 7.21. The molecule has 4 N–H and O–H groups in total. The average molecular weight is 427 g/mol. The number of ether oxygens (including phenoxy) is 1. The van der Waals surface area contributed by atoms with Gasteiger partial charge in [0.15, 0.2) is 6.10 Å². The van der Waals surface area contributed by atoms with Gasteiger partial charge in [-0.15, -0.1) is 0 Å². The molecule has 7 nitrogen and oxygen atoms in total. The van der Waals surface area contributed by atoms with Gasteiger partial charge in [-0.2, -0.15) is 0 Å². The molecule has 7 heteroatoms. The van der Waals surface area contributed by atoms with Crippen molar-refractivity contribution < 1.29 is 19.1 Å². The number of carbonyl (C=O) groups is 3. The van der Waals surface area contributed by atoms with E-state index in [-0.39, 0.29) is 5.56 Å². The molecular formula is C25H21N3O4. The van der Waals surface area contributed by atoms with Crippen molar-refractivity contribution in [1.29, 1.82) is 0 Å². The summed E-state index contributed by atoms with van der Waals surface area (Å²) in [5.41, 5.74) is 7.63. The highest BCUT2D eigenvalue weighted by molar-refractivity contribution is 6.45. The predicted octanol–water partition coefficient (Wildman–Crippen LogP) is 4.04. The monoisotopic (exact) mass is 427 g/mol. The van der Waals surface area contributed by atoms with Crippen molar-refractivity contribution in [3.63, 3.8) is 0 Å². The van der Waals surface area contributed by atoms with Gasteiger partial charge < -0.3 is 20.8 Å². The van der Waals surface area contributed by atoms with E-state index < -0.39 is 29.9 Å². The number of nitrogens with one attached hydrogen (secondary N) is 2. The van der Waals surface area contributed by atoms with Crippen LogP contribution in [-0.4, -0.2) is 22.8 Å². The van der Waals surface area contributed by atoms with Crippen molar-refractivity contribution in [3.8, 4) is 0 Å². The van der Waals surface area contributed by atoms with Crippen LogP contribution in [0.2, 0.25) is 0 Å². The Morgan fingerprint density at radius 1 is 0.812 bits per heavy atom. The van der Waals surface area contributed by atoms with Gasteiger partial charge >= 0.3 is 6.09 Å². The molecule has 160 valence electrons. The number of primary amides is 1. The molecule has 0 saturated carbocycles. The molecule has 0 saturated heterocycles. The Hall–Kier alpha value is -4.39. The number of carbonyl (C=O) groups excluding carboxylic acids is 3. The fourth-order valence-corrected chi connectivity index (χ4v) is 3.68. The molecule has 1 heterocycles. The Morgan fingerprint density at radius 2 is 1.41 bits per heavy atom. The van der Waals surface area contributed by atoms with E-state index in [1.165, 1.54) is 6.20 Å². The summed E-state index contributed by atoms with van der Waals surface area (Å²) in [5, 5.41) is 3.40. The molecule has 0 spiro atoms. The van der Waals surface area contributed by atoms with Gasteiger partial charge in [0.05, 0.1) is 11.6 Å². The fourth-order valence-electron chi connectivity index (χ4n) is 3.68. The maximum absolute atomic E-state index is 13.0. The minimum absolute atomic E-state index is 0.261. The van der Waals surface area contributed by atoms with E-state index in [0.717, 1.165) is 5.52 Å². The van der Waals surface area contributed by atoms with Gasteiger partial charge in [0.1, 0.15) is 0 Å². The summed E-state index contributed by atoms with van der Waals surface area (Å²) < 4.78 is 5.40. The van der Waals surface area contributed by atoms with E-state index in [0.29, 0.717) is 16.5 Å². The Labute approximate surface area is 184 Å². The van der Waals surface area contributed by atoms with E-state index in [1.807, 2.05) is 24.3 Å². The summed E-state index contributed by atoms with van der Waals surface area (Å²) in [5.74, 6) is -1.52. The number of rotatable bonds is 7. The van der Waals surface area contributed by atoms with Crippen LogP contribution in [0.3, 0.4) is 0 Å². The molecule has 0 aliphatic carbocycles. The lowest BCUT2D eigenvalue weighted by molar-refractivity contribution is -0.118. The second-order valence-corrected chi connectivity index (χ2v) is 7.21. The first kappa shape index (κ1) is 20.9. The number of aromatic nitrogens is 1. The van der Waals surface area contributed by atoms with Crippen molar-refractivity contribution in [2.45, 2.75) is 12.1 Å². The number of ketones is 1. The molecule has 2 amide bonds. The van der Waals surface area contributed by atoms with E-state index in [4.69, 9.17) is 10.5 Å². The van der Waals surface area contributed by atoms with Crippen LogP contribution in [0, 0.1) is 0 Å². The van der Waals surface area contributed by atoms with Crippen LogP contribution in [-0.2, 0) is 9.53 Å². The summed E-state index contributed by atoms with van der Waals surface area (Å²) >= 11 is 0. The third-order valence-corrected chi connectivity index (χ3v) is 5.16. The predicted molar refractivity (Wildman–Crippen MR) is 120 cm³/mol. The van der Waals surface area contributed by atoms with Gasteiger partial charge in [-0.05, 0) is 17.2 Å². The van der Waals surface area contributed by atoms with Gasteiger partial charge in [-0.1, -0.05) is 78.9 Å². The number of hydrogen-bond acceptors (Lipinski definition) is 4. The number of aromatic amines is 1. The molecule has 0 unspecified atom stereocenters. The van der Waals surface area contributed by atoms with Gasteiger partial charge in [0.2, 0.25) is 0 Å². The lowest BCUT2D eigenvalue weighted by Gasteiger charge is -2.28. The van der Waals surface area contributed by atoms with Crippen molar-refractivity contribution in [3.05, 3.63) is 108 Å². The van der Waals surface area contributed by atoms with Gasteiger partial charge in [-0.3, -0.25) is 9.59 Å². The fraction of sp³-hybridized carbons (Fsp3) is 0.0800. The number of fused-ring (bicyclic) bond motifs is 1. The minimum Gasteiger partial charge on any atom is -0.439 e. The SMILES string of the molecule is NC(=O)O[C@@H](c1ccccc1)[C@@H](NC(=O)C(=O)c1c[nH]c2ccccc12)c1ccccc1. The number of H-pyrrole nitrogens is 1. The summed E-state index contributed by atoms with van der Waals surface area (Å²) in [6.45, 7) is 0. The van der Waals surface area contributed by atoms with Crippen molar-refractivity contribution in [1.82, 2.24) is 10.3 Å². The van der Waals surface area contributed by atoms with Crippen LogP contribution in [0.15, 0.2) is 91.1 Å². The van der Waals surface area contributed by atoms with Crippen LogP contribution in [0.25, 0.3) is 10.9 Å². The molecule has 4 rings (SSSR count). The van der Waals surface area contributed by atoms with Gasteiger partial charge in [0, 0.05) is 17.1 Å². The smallest absolute Gasteiger partial charge is 0.405 e. The van der Waals surface area contributed by atoms with Crippen LogP contribution < -0.4 is 11.1 Å². The maximum Gasteiger partial charge on any atom is 0.405 e. The topological polar surface area (TPSA) is 114 Å². The number of nitrogens with two attached hydrogens (primary N) is 1. The maximum atomic E-state index is 13.0. The highest BCUT2D eigenvalue weighted by atomic mass is 16.6. The zero-order chi connectivity index (χ0) is 22.5. The van der Waals surface area contributed by atoms with Crippen molar-refractivity contribution in [2.24, 2.45) is 5.73 Å². The van der Waals surface area contributed by atoms with Gasteiger partial charge in [0.25, 0.3) is 11.7 Å². The Morgan fingerprint density at radius 3 is 2.06 bits per heavy atom. The average Bonchev–Trinajstić information content (AvgIpc) is 3.26. The lowest BCUT2D eigenvalue weighted by Crippen LogP contribution is -2.39. The van der Waals surface area contributed by atoms with E-state index in [1.54, 1.807) is 60.7 Å². The molecule has 2 atom stereocenters. The van der Waals surface area contributed by atoms with Crippen LogP contribution >= 0.6 is 0 Å². The normalized spacial score (nSPS) is 12.6. The molecule has 0 bridgehead atoms. The molecule has 32 heavy (non-hydrogen) atoms. The Kier molecular flexibility index (Phi) is 5.98. The van der Waals surface area contributed by atoms with Crippen LogP contribution in [0.5, 0.6) is 0 Å². The minimum atomic E-state index is -0.989. The first-order valence-electron chi connectivity index (χ1n) is 10.0. The molecule has 1 aromatic heterocycles. The van der Waals surface area contributed by atoms with Gasteiger partial charge in [-0.25, -0.2) is 4.79 Å². The third kappa shape index (κ3) is 4.37. The molecule has 0 aliphatic heterocycles. The van der Waals surface area contributed by atoms with E-state index in [2.05, 4.69) is 10.3 Å². The standard InChI is InChI=1S/C25H21N3O4/c26-25(31)32-23(17-11-5-2-6-12-17)21(16-9-3-1-4-10-16)28-24(30)22(29)19-15-27-20-14-8-7-13-18(19)20/h1-15,21,23,27H,(H2,26,31)(H,28,30)/t21-,23-/m0/s1. The van der Waals surface area contributed by atoms with Crippen molar-refractivity contribution >= 4 is 28.7 Å². The number of para-hydroxylation sites is 1. The zero-order valence-electron chi connectivity index (χ0n) is 17.0. The summed E-state index contributed by atoms with van der Waals surface area (Å²) in [4.78, 5) is 40.7. The summed E-state index contributed by atoms with van der Waals surface area (Å²) in [7, 11) is 0. The quantitative estimate of drug-likeness (QED) is 0.305. The summed E-state index contributed by atoms with van der Waals surface area (Å²) in [6, 6.07) is 24.3. The Balaban J connectivity index is 1.69. The zero-order valence-corrected chi connectivity index (χ0v) is 17.0. The number of benzene rings is 3. The number of Topliss-reactive ketones (excluding diaryl/α,β-unsaturated/α-hetero) is 1. The largest absolute Gasteiger partial charge is 0.439 e. The molecule has 0 radical (unpaired) electrons. The molecule has 4 aromatic rings. The van der Waals surface area contributed by atoms with E-state index in [9.17, 15) is 14.4 Å². The number of hydrogen-bond donors (Lipinski definition) is 3. The second kappa shape index (κ2) is 9.18. The molecule has 0 fully saturated rings. The summed E-state index contributed by atoms with van der Waals surface area (Å²) in [6.07, 6.45) is -0.411.